The van der Waals surface area contributed by atoms with Crippen molar-refractivity contribution in [3.63, 3.8) is 0 Å². The number of nitrogens with two attached hydrogens (primary N) is 1. The summed E-state index contributed by atoms with van der Waals surface area (Å²) in [5, 5.41) is 4.08. The first-order chi connectivity index (χ1) is 9.63. The minimum Gasteiger partial charge on any atom is -0.329 e. The van der Waals surface area contributed by atoms with Crippen LogP contribution in [0.5, 0.6) is 0 Å². The molecular formula is C15H19N3OS. The Morgan fingerprint density at radius 1 is 1.45 bits per heavy atom. The molecule has 2 aromatic rings. The summed E-state index contributed by atoms with van der Waals surface area (Å²) in [4.78, 5) is 16.9. The molecule has 3 N–H and O–H groups in total. The number of nitrogens with one attached hydrogen (secondary N) is 1. The van der Waals surface area contributed by atoms with E-state index in [-0.39, 0.29) is 11.3 Å². The monoisotopic (exact) mass is 289 g/mol. The van der Waals surface area contributed by atoms with E-state index in [4.69, 9.17) is 5.73 Å². The van der Waals surface area contributed by atoms with Gasteiger partial charge in [0.1, 0.15) is 0 Å². The first-order valence-electron chi connectivity index (χ1n) is 7.02. The van der Waals surface area contributed by atoms with Crippen molar-refractivity contribution < 1.29 is 4.79 Å². The summed E-state index contributed by atoms with van der Waals surface area (Å²) in [5.74, 6) is 0.0677. The highest BCUT2D eigenvalue weighted by Crippen LogP contribution is 2.38. The Balaban J connectivity index is 1.83. The summed E-state index contributed by atoms with van der Waals surface area (Å²) in [7, 11) is 0. The number of amides is 1. The van der Waals surface area contributed by atoms with Gasteiger partial charge in [0.05, 0.1) is 20.6 Å². The molecule has 5 heteroatoms. The number of carbonyl (C=O) groups excluding carboxylic acids is 1. The van der Waals surface area contributed by atoms with Gasteiger partial charge in [0.15, 0.2) is 0 Å². The largest absolute Gasteiger partial charge is 0.329 e. The van der Waals surface area contributed by atoms with E-state index in [0.29, 0.717) is 6.54 Å². The van der Waals surface area contributed by atoms with Gasteiger partial charge in [-0.3, -0.25) is 4.79 Å². The molecule has 1 amide bonds. The summed E-state index contributed by atoms with van der Waals surface area (Å²) in [6.45, 7) is 2.42. The highest BCUT2D eigenvalue weighted by Gasteiger charge is 2.39. The molecule has 1 aliphatic carbocycles. The lowest BCUT2D eigenvalue weighted by Crippen LogP contribution is -2.40. The smallest absolute Gasteiger partial charge is 0.231 e. The van der Waals surface area contributed by atoms with E-state index in [9.17, 15) is 4.79 Å². The molecule has 1 fully saturated rings. The molecule has 1 saturated carbocycles. The summed E-state index contributed by atoms with van der Waals surface area (Å²) in [5.41, 5.74) is 7.31. The molecule has 20 heavy (non-hydrogen) atoms. The van der Waals surface area contributed by atoms with Crippen LogP contribution in [-0.2, 0) is 4.79 Å². The number of hydrogen-bond acceptors (Lipinski definition) is 4. The van der Waals surface area contributed by atoms with Crippen LogP contribution >= 0.6 is 11.3 Å². The molecule has 1 aromatic heterocycles. The van der Waals surface area contributed by atoms with Gasteiger partial charge in [-0.15, -0.1) is 11.3 Å². The summed E-state index contributed by atoms with van der Waals surface area (Å²) >= 11 is 1.64. The van der Waals surface area contributed by atoms with E-state index in [1.807, 2.05) is 25.1 Å². The van der Waals surface area contributed by atoms with Gasteiger partial charge in [-0.25, -0.2) is 4.98 Å². The number of aryl methyl sites for hydroxylation is 1. The molecule has 1 heterocycles. The Hall–Kier alpha value is -1.46. The number of fused-ring (bicyclic) bond motifs is 1. The van der Waals surface area contributed by atoms with Crippen molar-refractivity contribution in [2.75, 3.05) is 11.9 Å². The van der Waals surface area contributed by atoms with Crippen LogP contribution in [0.15, 0.2) is 18.2 Å². The maximum absolute atomic E-state index is 12.5. The van der Waals surface area contributed by atoms with Gasteiger partial charge < -0.3 is 11.1 Å². The second-order valence-corrected chi connectivity index (χ2v) is 6.80. The SMILES string of the molecule is Cc1nc2ccc(NC(=O)C3(CN)CCCC3)cc2s1. The number of rotatable bonds is 3. The van der Waals surface area contributed by atoms with Crippen LogP contribution in [0, 0.1) is 12.3 Å². The van der Waals surface area contributed by atoms with Crippen LogP contribution in [-0.4, -0.2) is 17.4 Å². The van der Waals surface area contributed by atoms with Gasteiger partial charge in [-0.05, 0) is 38.0 Å². The number of carbonyl (C=O) groups is 1. The third-order valence-electron chi connectivity index (χ3n) is 4.19. The normalized spacial score (nSPS) is 17.5. The average molecular weight is 289 g/mol. The number of hydrogen-bond donors (Lipinski definition) is 2. The molecule has 4 nitrogen and oxygen atoms in total. The summed E-state index contributed by atoms with van der Waals surface area (Å²) < 4.78 is 1.11. The molecule has 0 unspecified atom stereocenters. The first kappa shape index (κ1) is 13.5. The second-order valence-electron chi connectivity index (χ2n) is 5.56. The molecule has 1 aromatic carbocycles. The van der Waals surface area contributed by atoms with Crippen LogP contribution in [0.1, 0.15) is 30.7 Å². The molecule has 0 atom stereocenters. The number of benzene rings is 1. The Morgan fingerprint density at radius 3 is 2.90 bits per heavy atom. The molecule has 106 valence electrons. The molecular weight excluding hydrogens is 270 g/mol. The van der Waals surface area contributed by atoms with Gasteiger partial charge in [-0.1, -0.05) is 12.8 Å². The molecule has 0 radical (unpaired) electrons. The van der Waals surface area contributed by atoms with Crippen LogP contribution < -0.4 is 11.1 Å². The van der Waals surface area contributed by atoms with Crippen molar-refractivity contribution in [2.45, 2.75) is 32.6 Å². The van der Waals surface area contributed by atoms with Crippen LogP contribution in [0.3, 0.4) is 0 Å². The third kappa shape index (κ3) is 2.31. The lowest BCUT2D eigenvalue weighted by Gasteiger charge is -2.25. The zero-order valence-corrected chi connectivity index (χ0v) is 12.4. The number of anilines is 1. The number of thiazole rings is 1. The van der Waals surface area contributed by atoms with Crippen LogP contribution in [0.25, 0.3) is 10.2 Å². The lowest BCUT2D eigenvalue weighted by molar-refractivity contribution is -0.124. The highest BCUT2D eigenvalue weighted by molar-refractivity contribution is 7.18. The van der Waals surface area contributed by atoms with Crippen LogP contribution in [0.2, 0.25) is 0 Å². The predicted octanol–water partition coefficient (Wildman–Crippen LogP) is 3.06. The van der Waals surface area contributed by atoms with Crippen molar-refractivity contribution in [3.8, 4) is 0 Å². The quantitative estimate of drug-likeness (QED) is 0.912. The minimum atomic E-state index is -0.363. The molecule has 0 saturated heterocycles. The van der Waals surface area contributed by atoms with Crippen molar-refractivity contribution >= 4 is 33.1 Å². The van der Waals surface area contributed by atoms with Crippen molar-refractivity contribution in [2.24, 2.45) is 11.1 Å². The Kier molecular flexibility index (Phi) is 3.48. The van der Waals surface area contributed by atoms with E-state index in [0.717, 1.165) is 46.6 Å². The fraction of sp³-hybridized carbons (Fsp3) is 0.467. The van der Waals surface area contributed by atoms with E-state index in [1.165, 1.54) is 0 Å². The van der Waals surface area contributed by atoms with Gasteiger partial charge in [-0.2, -0.15) is 0 Å². The molecule has 0 spiro atoms. The Labute approximate surface area is 122 Å². The summed E-state index contributed by atoms with van der Waals surface area (Å²) in [6, 6.07) is 5.87. The van der Waals surface area contributed by atoms with E-state index in [1.54, 1.807) is 11.3 Å². The molecule has 1 aliphatic rings. The standard InChI is InChI=1S/C15H19N3OS/c1-10-17-12-5-4-11(8-13(12)20-10)18-14(19)15(9-16)6-2-3-7-15/h4-5,8H,2-3,6-7,9,16H2,1H3,(H,18,19). The zero-order chi connectivity index (χ0) is 14.2. The highest BCUT2D eigenvalue weighted by atomic mass is 32.1. The topological polar surface area (TPSA) is 68.0 Å². The van der Waals surface area contributed by atoms with Gasteiger partial charge in [0.2, 0.25) is 5.91 Å². The fourth-order valence-electron chi connectivity index (χ4n) is 2.96. The second kappa shape index (κ2) is 5.14. The minimum absolute atomic E-state index is 0.0677. The Morgan fingerprint density at radius 2 is 2.20 bits per heavy atom. The molecule has 0 aliphatic heterocycles. The lowest BCUT2D eigenvalue weighted by atomic mass is 9.85. The molecule has 0 bridgehead atoms. The maximum Gasteiger partial charge on any atom is 0.231 e. The first-order valence-corrected chi connectivity index (χ1v) is 7.83. The van der Waals surface area contributed by atoms with E-state index >= 15 is 0 Å². The van der Waals surface area contributed by atoms with Crippen molar-refractivity contribution in [1.29, 1.82) is 0 Å². The van der Waals surface area contributed by atoms with Gasteiger partial charge in [0.25, 0.3) is 0 Å². The van der Waals surface area contributed by atoms with Crippen LogP contribution in [0.4, 0.5) is 5.69 Å². The Bertz CT molecular complexity index is 644. The van der Waals surface area contributed by atoms with Gasteiger partial charge >= 0.3 is 0 Å². The van der Waals surface area contributed by atoms with E-state index in [2.05, 4.69) is 10.3 Å². The predicted molar refractivity (Wildman–Crippen MR) is 82.9 cm³/mol. The van der Waals surface area contributed by atoms with Crippen molar-refractivity contribution in [3.05, 3.63) is 23.2 Å². The number of aromatic nitrogens is 1. The van der Waals surface area contributed by atoms with E-state index < -0.39 is 0 Å². The fourth-order valence-corrected chi connectivity index (χ4v) is 3.82. The van der Waals surface area contributed by atoms with Crippen molar-refractivity contribution in [1.82, 2.24) is 4.98 Å². The van der Waals surface area contributed by atoms with Gasteiger partial charge in [0, 0.05) is 12.2 Å². The number of nitrogens with zero attached hydrogens (tertiary/aromatic N) is 1. The average Bonchev–Trinajstić information content (AvgIpc) is 3.04. The third-order valence-corrected chi connectivity index (χ3v) is 5.12. The zero-order valence-electron chi connectivity index (χ0n) is 11.6. The summed E-state index contributed by atoms with van der Waals surface area (Å²) in [6.07, 6.45) is 3.99. The molecule has 3 rings (SSSR count). The maximum atomic E-state index is 12.5.